The van der Waals surface area contributed by atoms with E-state index >= 15 is 0 Å². The summed E-state index contributed by atoms with van der Waals surface area (Å²) < 4.78 is 74.6. The SMILES string of the molecule is CC(F)OCF.CCC.CCC(C)OC(F)(F)CF.CF. The Bertz CT molecular complexity index is 171. The molecular weight excluding hydrogens is 302 g/mol. The second-order valence-corrected chi connectivity index (χ2v) is 3.63. The average Bonchev–Trinajstić information content (AvgIpc) is 2.42. The maximum absolute atomic E-state index is 12.0. The normalized spacial score (nSPS) is 12.6. The lowest BCUT2D eigenvalue weighted by molar-refractivity contribution is -0.266. The van der Waals surface area contributed by atoms with E-state index in [2.05, 4.69) is 23.3 Å². The van der Waals surface area contributed by atoms with Crippen LogP contribution in [-0.2, 0) is 9.47 Å². The third-order valence-corrected chi connectivity index (χ3v) is 1.40. The van der Waals surface area contributed by atoms with Crippen molar-refractivity contribution in [3.8, 4) is 0 Å². The molecule has 0 aliphatic carbocycles. The van der Waals surface area contributed by atoms with Crippen molar-refractivity contribution in [2.75, 3.05) is 20.7 Å². The second kappa shape index (κ2) is 21.8. The summed E-state index contributed by atoms with van der Waals surface area (Å²) in [5.74, 6) is 0. The van der Waals surface area contributed by atoms with Crippen molar-refractivity contribution in [3.05, 3.63) is 0 Å². The summed E-state index contributed by atoms with van der Waals surface area (Å²) in [4.78, 5) is 0. The van der Waals surface area contributed by atoms with E-state index in [0.717, 1.165) is 6.92 Å². The Hall–Kier alpha value is -0.500. The van der Waals surface area contributed by atoms with Gasteiger partial charge in [-0.3, -0.25) is 4.39 Å². The van der Waals surface area contributed by atoms with Gasteiger partial charge in [0.05, 0.1) is 13.3 Å². The lowest BCUT2D eigenvalue weighted by Crippen LogP contribution is -2.28. The van der Waals surface area contributed by atoms with E-state index in [-0.39, 0.29) is 0 Å². The molecule has 0 rings (SSSR count). The quantitative estimate of drug-likeness (QED) is 0.589. The van der Waals surface area contributed by atoms with Gasteiger partial charge < -0.3 is 9.47 Å². The number of ether oxygens (including phenoxy) is 2. The zero-order valence-corrected chi connectivity index (χ0v) is 13.6. The highest BCUT2D eigenvalue weighted by molar-refractivity contribution is 4.53. The van der Waals surface area contributed by atoms with Crippen LogP contribution in [0, 0.1) is 0 Å². The molecule has 0 aromatic carbocycles. The molecule has 2 unspecified atom stereocenters. The first-order chi connectivity index (χ1) is 9.70. The highest BCUT2D eigenvalue weighted by atomic mass is 19.3. The van der Waals surface area contributed by atoms with Crippen LogP contribution in [-0.4, -0.2) is 39.3 Å². The van der Waals surface area contributed by atoms with Gasteiger partial charge in [0.2, 0.25) is 0 Å². The molecule has 0 heterocycles. The summed E-state index contributed by atoms with van der Waals surface area (Å²) in [6, 6.07) is 0. The predicted octanol–water partition coefficient (Wildman–Crippen LogP) is 5.61. The molecule has 0 spiro atoms. The minimum Gasteiger partial charge on any atom is -0.317 e. The Kier molecular flexibility index (Phi) is 29.7. The summed E-state index contributed by atoms with van der Waals surface area (Å²) in [6.45, 7) is 5.75. The topological polar surface area (TPSA) is 18.5 Å². The third kappa shape index (κ3) is 38.2. The van der Waals surface area contributed by atoms with Crippen LogP contribution < -0.4 is 0 Å². The standard InChI is InChI=1S/C6H11F3O.C3H6F2O.C3H8.CH3F/c1-3-5(2)10-6(8,9)4-7;1-3(5)6-2-4;1-3-2;1-2/h5H,3-4H2,1-2H3;3H,2H2,1H3;3H2,1-2H3;1H3. The number of halogens is 6. The largest absolute Gasteiger partial charge is 0.384 e. The van der Waals surface area contributed by atoms with Gasteiger partial charge in [-0.2, -0.15) is 8.78 Å². The van der Waals surface area contributed by atoms with Gasteiger partial charge in [0.15, 0.2) is 19.9 Å². The first-order valence-electron chi connectivity index (χ1n) is 6.51. The van der Waals surface area contributed by atoms with Crippen LogP contribution >= 0.6 is 0 Å². The van der Waals surface area contributed by atoms with Crippen LogP contribution in [0.1, 0.15) is 47.5 Å². The summed E-state index contributed by atoms with van der Waals surface area (Å²) in [6.07, 6.45) is -3.97. The average molecular weight is 330 g/mol. The first-order valence-corrected chi connectivity index (χ1v) is 6.51. The maximum atomic E-state index is 12.0. The Labute approximate surface area is 123 Å². The van der Waals surface area contributed by atoms with Crippen LogP contribution in [0.5, 0.6) is 0 Å². The Morgan fingerprint density at radius 1 is 1.00 bits per heavy atom. The fraction of sp³-hybridized carbons (Fsp3) is 1.00. The lowest BCUT2D eigenvalue weighted by atomic mass is 10.3. The molecule has 0 aromatic heterocycles. The van der Waals surface area contributed by atoms with E-state index in [1.165, 1.54) is 13.3 Å². The van der Waals surface area contributed by atoms with E-state index in [0.29, 0.717) is 13.6 Å². The van der Waals surface area contributed by atoms with Crippen LogP contribution in [0.4, 0.5) is 26.3 Å². The fourth-order valence-corrected chi connectivity index (χ4v) is 0.496. The number of rotatable bonds is 6. The summed E-state index contributed by atoms with van der Waals surface area (Å²) in [5, 5.41) is 0. The summed E-state index contributed by atoms with van der Waals surface area (Å²) in [5.41, 5.74) is 0. The fourth-order valence-electron chi connectivity index (χ4n) is 0.496. The minimum absolute atomic E-state index is 0.454. The van der Waals surface area contributed by atoms with E-state index < -0.39 is 32.1 Å². The van der Waals surface area contributed by atoms with Crippen molar-refractivity contribution < 1.29 is 35.8 Å². The van der Waals surface area contributed by atoms with Gasteiger partial charge >= 0.3 is 6.11 Å². The first kappa shape index (κ1) is 28.6. The molecule has 0 saturated carbocycles. The zero-order chi connectivity index (χ0) is 17.9. The van der Waals surface area contributed by atoms with Gasteiger partial charge in [-0.1, -0.05) is 27.2 Å². The molecule has 0 radical (unpaired) electrons. The molecule has 0 fully saturated rings. The van der Waals surface area contributed by atoms with Crippen LogP contribution in [0.25, 0.3) is 0 Å². The predicted molar refractivity (Wildman–Crippen MR) is 72.4 cm³/mol. The van der Waals surface area contributed by atoms with Crippen molar-refractivity contribution in [3.63, 3.8) is 0 Å². The molecule has 134 valence electrons. The van der Waals surface area contributed by atoms with Gasteiger partial charge in [0.1, 0.15) is 0 Å². The van der Waals surface area contributed by atoms with Crippen molar-refractivity contribution >= 4 is 0 Å². The zero-order valence-electron chi connectivity index (χ0n) is 13.6. The Balaban J connectivity index is -0.000000112. The van der Waals surface area contributed by atoms with Crippen LogP contribution in [0.3, 0.4) is 0 Å². The molecule has 8 heteroatoms. The van der Waals surface area contributed by atoms with Gasteiger partial charge in [-0.05, 0) is 20.3 Å². The number of hydrogen-bond donors (Lipinski definition) is 0. The van der Waals surface area contributed by atoms with Gasteiger partial charge in [0.25, 0.3) is 0 Å². The van der Waals surface area contributed by atoms with E-state index in [1.54, 1.807) is 6.92 Å². The summed E-state index contributed by atoms with van der Waals surface area (Å²) in [7, 11) is 0.500. The van der Waals surface area contributed by atoms with Crippen LogP contribution in [0.15, 0.2) is 0 Å². The number of alkyl halides is 6. The molecule has 0 saturated heterocycles. The van der Waals surface area contributed by atoms with Gasteiger partial charge in [-0.15, -0.1) is 0 Å². The highest BCUT2D eigenvalue weighted by Crippen LogP contribution is 2.18. The molecule has 2 nitrogen and oxygen atoms in total. The van der Waals surface area contributed by atoms with Gasteiger partial charge in [0, 0.05) is 0 Å². The van der Waals surface area contributed by atoms with Crippen molar-refractivity contribution in [2.24, 2.45) is 0 Å². The van der Waals surface area contributed by atoms with E-state index in [4.69, 9.17) is 0 Å². The van der Waals surface area contributed by atoms with E-state index in [1.807, 2.05) is 0 Å². The Morgan fingerprint density at radius 2 is 1.38 bits per heavy atom. The third-order valence-electron chi connectivity index (χ3n) is 1.40. The lowest BCUT2D eigenvalue weighted by Gasteiger charge is -2.17. The second-order valence-electron chi connectivity index (χ2n) is 3.63. The molecule has 0 N–H and O–H groups in total. The maximum Gasteiger partial charge on any atom is 0.384 e. The highest BCUT2D eigenvalue weighted by Gasteiger charge is 2.31. The Morgan fingerprint density at radius 3 is 1.52 bits per heavy atom. The molecular formula is C13H28F6O2. The summed E-state index contributed by atoms with van der Waals surface area (Å²) >= 11 is 0. The molecule has 0 bridgehead atoms. The molecule has 0 aliphatic heterocycles. The molecule has 0 aromatic rings. The van der Waals surface area contributed by atoms with Crippen molar-refractivity contribution in [2.45, 2.75) is 66.0 Å². The van der Waals surface area contributed by atoms with Crippen molar-refractivity contribution in [1.82, 2.24) is 0 Å². The molecule has 0 aliphatic rings. The minimum atomic E-state index is -3.60. The monoisotopic (exact) mass is 330 g/mol. The number of hydrogen-bond acceptors (Lipinski definition) is 2. The van der Waals surface area contributed by atoms with Crippen molar-refractivity contribution in [1.29, 1.82) is 0 Å². The smallest absolute Gasteiger partial charge is 0.317 e. The van der Waals surface area contributed by atoms with Gasteiger partial charge in [-0.25, -0.2) is 13.2 Å². The van der Waals surface area contributed by atoms with Crippen LogP contribution in [0.2, 0.25) is 0 Å². The molecule has 2 atom stereocenters. The molecule has 0 amide bonds. The van der Waals surface area contributed by atoms with E-state index in [9.17, 15) is 26.3 Å². The molecule has 21 heavy (non-hydrogen) atoms.